The van der Waals surface area contributed by atoms with Gasteiger partial charge >= 0.3 is 0 Å². The van der Waals surface area contributed by atoms with Gasteiger partial charge in [0.2, 0.25) is 11.5 Å². The molecule has 0 amide bonds. The quantitative estimate of drug-likeness (QED) is 0.629. The summed E-state index contributed by atoms with van der Waals surface area (Å²) >= 11 is 4.64. The van der Waals surface area contributed by atoms with Crippen molar-refractivity contribution in [1.29, 1.82) is 0 Å². The van der Waals surface area contributed by atoms with E-state index in [1.165, 1.54) is 33.5 Å². The van der Waals surface area contributed by atoms with Gasteiger partial charge in [-0.05, 0) is 12.1 Å². The number of nitrogens with two attached hydrogens (primary N) is 1. The Kier molecular flexibility index (Phi) is 4.28. The van der Waals surface area contributed by atoms with Gasteiger partial charge in [0.05, 0.1) is 21.3 Å². The number of thiocarbonyl (C=S) groups is 1. The van der Waals surface area contributed by atoms with Crippen molar-refractivity contribution in [3.63, 3.8) is 0 Å². The molecule has 92 valence electrons. The zero-order valence-corrected chi connectivity index (χ0v) is 10.6. The third-order valence-corrected chi connectivity index (χ3v) is 2.34. The molecule has 0 atom stereocenters. The van der Waals surface area contributed by atoms with Crippen LogP contribution in [0.15, 0.2) is 12.1 Å². The van der Waals surface area contributed by atoms with Crippen LogP contribution in [-0.2, 0) is 0 Å². The summed E-state index contributed by atoms with van der Waals surface area (Å²) in [6, 6.07) is 3.01. The van der Waals surface area contributed by atoms with Crippen LogP contribution >= 0.6 is 12.2 Å². The molecule has 1 rings (SSSR count). The molecule has 0 saturated heterocycles. The largest absolute Gasteiger partial charge is 0.493 e. The summed E-state index contributed by atoms with van der Waals surface area (Å²) in [4.78, 5) is 11.5. The molecule has 0 aliphatic rings. The number of hydrogen-bond acceptors (Lipinski definition) is 5. The van der Waals surface area contributed by atoms with Gasteiger partial charge in [0.15, 0.2) is 11.5 Å². The van der Waals surface area contributed by atoms with E-state index in [1.807, 2.05) is 0 Å². The summed E-state index contributed by atoms with van der Waals surface area (Å²) in [6.07, 6.45) is 0. The highest BCUT2D eigenvalue weighted by Gasteiger charge is 2.17. The van der Waals surface area contributed by atoms with Crippen LogP contribution in [0.5, 0.6) is 17.2 Å². The first-order chi connectivity index (χ1) is 8.04. The van der Waals surface area contributed by atoms with Gasteiger partial charge < -0.3 is 19.9 Å². The van der Waals surface area contributed by atoms with Crippen LogP contribution in [0.25, 0.3) is 0 Å². The molecule has 0 fully saturated rings. The maximum absolute atomic E-state index is 11.7. The third-order valence-electron chi connectivity index (χ3n) is 2.15. The van der Waals surface area contributed by atoms with Crippen LogP contribution in [0, 0.1) is 0 Å². The molecule has 0 aliphatic carbocycles. The van der Waals surface area contributed by atoms with E-state index in [2.05, 4.69) is 12.2 Å². The molecule has 0 saturated carbocycles. The van der Waals surface area contributed by atoms with Crippen molar-refractivity contribution < 1.29 is 19.0 Å². The van der Waals surface area contributed by atoms with E-state index >= 15 is 0 Å². The average molecular weight is 255 g/mol. The van der Waals surface area contributed by atoms with Crippen molar-refractivity contribution in [3.05, 3.63) is 17.7 Å². The molecule has 1 aromatic rings. The Morgan fingerprint density at radius 3 is 1.88 bits per heavy atom. The minimum atomic E-state index is -0.445. The van der Waals surface area contributed by atoms with E-state index in [0.29, 0.717) is 22.8 Å². The van der Waals surface area contributed by atoms with E-state index < -0.39 is 5.78 Å². The van der Waals surface area contributed by atoms with E-state index in [4.69, 9.17) is 19.9 Å². The standard InChI is InChI=1S/C11H13NO4S/c1-14-7-4-6(9(13)11(12)17)5-8(15-2)10(7)16-3/h4-5H,1-3H3,(H2,12,17). The fourth-order valence-corrected chi connectivity index (χ4v) is 1.47. The molecule has 0 aliphatic heterocycles. The lowest BCUT2D eigenvalue weighted by molar-refractivity contribution is 0.106. The number of methoxy groups -OCH3 is 3. The predicted octanol–water partition coefficient (Wildman–Crippen LogP) is 1.18. The van der Waals surface area contributed by atoms with Gasteiger partial charge in [-0.3, -0.25) is 4.79 Å². The number of benzene rings is 1. The number of ether oxygens (including phenoxy) is 3. The monoisotopic (exact) mass is 255 g/mol. The Hall–Kier alpha value is -1.82. The summed E-state index contributed by atoms with van der Waals surface area (Å²) in [6.45, 7) is 0. The van der Waals surface area contributed by atoms with E-state index in [1.54, 1.807) is 0 Å². The number of ketones is 1. The van der Waals surface area contributed by atoms with Gasteiger partial charge in [0, 0.05) is 5.56 Å². The first-order valence-corrected chi connectivity index (χ1v) is 5.10. The molecule has 0 bridgehead atoms. The highest BCUT2D eigenvalue weighted by molar-refractivity contribution is 7.82. The smallest absolute Gasteiger partial charge is 0.220 e. The maximum Gasteiger partial charge on any atom is 0.220 e. The number of rotatable bonds is 5. The number of carbonyl (C=O) groups is 1. The number of carbonyl (C=O) groups excluding carboxylic acids is 1. The normalized spacial score (nSPS) is 9.59. The van der Waals surface area contributed by atoms with Crippen molar-refractivity contribution in [1.82, 2.24) is 0 Å². The van der Waals surface area contributed by atoms with E-state index in [0.717, 1.165) is 0 Å². The number of Topliss-reactive ketones (excluding diaryl/α,β-unsaturated/α-hetero) is 1. The van der Waals surface area contributed by atoms with Crippen LogP contribution in [0.1, 0.15) is 10.4 Å². The van der Waals surface area contributed by atoms with Gasteiger partial charge in [-0.15, -0.1) is 0 Å². The summed E-state index contributed by atoms with van der Waals surface area (Å²) in [5.74, 6) is 0.728. The van der Waals surface area contributed by atoms with Crippen LogP contribution in [-0.4, -0.2) is 32.1 Å². The minimum Gasteiger partial charge on any atom is -0.493 e. The zero-order valence-electron chi connectivity index (χ0n) is 9.77. The SMILES string of the molecule is COc1cc(C(=O)C(N)=S)cc(OC)c1OC. The zero-order chi connectivity index (χ0) is 13.0. The average Bonchev–Trinajstić information content (AvgIpc) is 2.35. The van der Waals surface area contributed by atoms with E-state index in [-0.39, 0.29) is 4.99 Å². The lowest BCUT2D eigenvalue weighted by atomic mass is 10.1. The number of hydrogen-bond donors (Lipinski definition) is 1. The molecule has 0 radical (unpaired) electrons. The fraction of sp³-hybridized carbons (Fsp3) is 0.273. The fourth-order valence-electron chi connectivity index (χ4n) is 1.35. The molecular formula is C11H13NO4S. The van der Waals surface area contributed by atoms with Crippen LogP contribution in [0.2, 0.25) is 0 Å². The Morgan fingerprint density at radius 1 is 1.12 bits per heavy atom. The van der Waals surface area contributed by atoms with Gasteiger partial charge in [0.25, 0.3) is 0 Å². The van der Waals surface area contributed by atoms with Crippen molar-refractivity contribution in [2.45, 2.75) is 0 Å². The molecular weight excluding hydrogens is 242 g/mol. The molecule has 0 unspecified atom stereocenters. The van der Waals surface area contributed by atoms with Gasteiger partial charge in [0.1, 0.15) is 4.99 Å². The van der Waals surface area contributed by atoms with Gasteiger partial charge in [-0.1, -0.05) is 12.2 Å². The molecule has 6 heteroatoms. The lowest BCUT2D eigenvalue weighted by Gasteiger charge is -2.13. The van der Waals surface area contributed by atoms with Crippen LogP contribution < -0.4 is 19.9 Å². The first-order valence-electron chi connectivity index (χ1n) is 4.69. The highest BCUT2D eigenvalue weighted by atomic mass is 32.1. The molecule has 0 heterocycles. The van der Waals surface area contributed by atoms with Crippen molar-refractivity contribution in [2.75, 3.05) is 21.3 Å². The van der Waals surface area contributed by atoms with E-state index in [9.17, 15) is 4.79 Å². The molecule has 17 heavy (non-hydrogen) atoms. The molecule has 0 spiro atoms. The van der Waals surface area contributed by atoms with Crippen molar-refractivity contribution in [3.8, 4) is 17.2 Å². The summed E-state index contributed by atoms with van der Waals surface area (Å²) in [5, 5.41) is 0. The molecule has 2 N–H and O–H groups in total. The second-order valence-electron chi connectivity index (χ2n) is 3.11. The summed E-state index contributed by atoms with van der Waals surface area (Å²) < 4.78 is 15.3. The molecule has 0 aromatic heterocycles. The Bertz CT molecular complexity index is 434. The Labute approximate surface area is 104 Å². The lowest BCUT2D eigenvalue weighted by Crippen LogP contribution is -2.21. The first kappa shape index (κ1) is 13.2. The summed E-state index contributed by atoms with van der Waals surface area (Å²) in [7, 11) is 4.41. The third kappa shape index (κ3) is 2.65. The van der Waals surface area contributed by atoms with Crippen LogP contribution in [0.4, 0.5) is 0 Å². The Morgan fingerprint density at radius 2 is 1.59 bits per heavy atom. The van der Waals surface area contributed by atoms with Crippen molar-refractivity contribution in [2.24, 2.45) is 5.73 Å². The van der Waals surface area contributed by atoms with Gasteiger partial charge in [-0.2, -0.15) is 0 Å². The Balaban J connectivity index is 3.37. The maximum atomic E-state index is 11.7. The topological polar surface area (TPSA) is 70.8 Å². The van der Waals surface area contributed by atoms with Gasteiger partial charge in [-0.25, -0.2) is 0 Å². The minimum absolute atomic E-state index is 0.209. The highest BCUT2D eigenvalue weighted by Crippen LogP contribution is 2.38. The molecule has 5 nitrogen and oxygen atoms in total. The predicted molar refractivity (Wildman–Crippen MR) is 67.2 cm³/mol. The molecule has 1 aromatic carbocycles. The van der Waals surface area contributed by atoms with Crippen molar-refractivity contribution >= 4 is 23.0 Å². The second-order valence-corrected chi connectivity index (χ2v) is 3.55. The summed E-state index contributed by atoms with van der Waals surface area (Å²) in [5.41, 5.74) is 5.59. The van der Waals surface area contributed by atoms with Crippen LogP contribution in [0.3, 0.4) is 0 Å². The second kappa shape index (κ2) is 5.49.